The Morgan fingerprint density at radius 3 is 2.67 bits per heavy atom. The number of aryl methyl sites for hydroxylation is 1. The Morgan fingerprint density at radius 2 is 2.00 bits per heavy atom. The number of nitrogens with one attached hydrogen (secondary N) is 1. The maximum absolute atomic E-state index is 5.96. The summed E-state index contributed by atoms with van der Waals surface area (Å²) in [5.41, 5.74) is 0. The Balaban J connectivity index is 2.06. The van der Waals surface area contributed by atoms with Crippen molar-refractivity contribution in [1.82, 2.24) is 9.97 Å². The predicted octanol–water partition coefficient (Wildman–Crippen LogP) is 4.69. The molecule has 3 rings (SSSR count). The van der Waals surface area contributed by atoms with Crippen LogP contribution in [-0.4, -0.2) is 17.0 Å². The van der Waals surface area contributed by atoms with E-state index in [1.165, 1.54) is 8.45 Å². The summed E-state index contributed by atoms with van der Waals surface area (Å²) >= 11 is 3.95. The molecule has 0 spiro atoms. The van der Waals surface area contributed by atoms with Crippen molar-refractivity contribution in [3.63, 3.8) is 0 Å². The summed E-state index contributed by atoms with van der Waals surface area (Å²) in [5, 5.41) is 3.95. The smallest absolute Gasteiger partial charge is 0.232 e. The number of rotatable bonds is 4. The van der Waals surface area contributed by atoms with Crippen LogP contribution in [0.25, 0.3) is 10.2 Å². The molecule has 4 nitrogen and oxygen atoms in total. The quantitative estimate of drug-likeness (QED) is 0.633. The number of hydrogen-bond acceptors (Lipinski definition) is 5. The van der Waals surface area contributed by atoms with Crippen LogP contribution in [0.1, 0.15) is 11.8 Å². The van der Waals surface area contributed by atoms with E-state index in [1.54, 1.807) is 11.3 Å². The Labute approximate surface area is 140 Å². The van der Waals surface area contributed by atoms with Crippen molar-refractivity contribution in [1.29, 1.82) is 0 Å². The van der Waals surface area contributed by atoms with Gasteiger partial charge in [0.05, 0.1) is 5.39 Å². The zero-order valence-electron chi connectivity index (χ0n) is 11.7. The van der Waals surface area contributed by atoms with Gasteiger partial charge in [-0.2, -0.15) is 4.98 Å². The molecule has 1 N–H and O–H groups in total. The Morgan fingerprint density at radius 1 is 1.24 bits per heavy atom. The first-order valence-corrected chi connectivity index (χ1v) is 8.50. The zero-order valence-corrected chi connectivity index (χ0v) is 14.7. The molecule has 0 aliphatic carbocycles. The number of nitrogens with zero attached hydrogens (tertiary/aromatic N) is 2. The first kappa shape index (κ1) is 14.5. The van der Waals surface area contributed by atoms with Gasteiger partial charge in [0.25, 0.3) is 0 Å². The average Bonchev–Trinajstić information content (AvgIpc) is 2.92. The lowest BCUT2D eigenvalue weighted by Gasteiger charge is -2.07. The van der Waals surface area contributed by atoms with Crippen molar-refractivity contribution in [2.45, 2.75) is 13.3 Å². The third-order valence-electron chi connectivity index (χ3n) is 3.01. The fourth-order valence-electron chi connectivity index (χ4n) is 1.92. The van der Waals surface area contributed by atoms with E-state index in [-0.39, 0.29) is 0 Å². The van der Waals surface area contributed by atoms with Crippen molar-refractivity contribution >= 4 is 50.1 Å². The molecule has 108 valence electrons. The van der Waals surface area contributed by atoms with Gasteiger partial charge in [0.2, 0.25) is 11.8 Å². The summed E-state index contributed by atoms with van der Waals surface area (Å²) in [4.78, 5) is 11.2. The fraction of sp³-hybridized carbons (Fsp3) is 0.200. The molecule has 2 aromatic heterocycles. The third-order valence-corrected chi connectivity index (χ3v) is 4.90. The van der Waals surface area contributed by atoms with Gasteiger partial charge in [-0.25, -0.2) is 4.98 Å². The fourth-order valence-corrected chi connectivity index (χ4v) is 3.24. The van der Waals surface area contributed by atoms with Gasteiger partial charge < -0.3 is 10.1 Å². The average molecular weight is 411 g/mol. The minimum Gasteiger partial charge on any atom is -0.438 e. The second kappa shape index (κ2) is 6.15. The molecule has 6 heteroatoms. The van der Waals surface area contributed by atoms with Gasteiger partial charge in [-0.3, -0.25) is 0 Å². The number of hydrogen-bond donors (Lipinski definition) is 1. The highest BCUT2D eigenvalue weighted by molar-refractivity contribution is 14.1. The largest absolute Gasteiger partial charge is 0.438 e. The Bertz CT molecular complexity index is 770. The number of benzene rings is 1. The van der Waals surface area contributed by atoms with Crippen LogP contribution >= 0.6 is 33.9 Å². The number of anilines is 1. The van der Waals surface area contributed by atoms with E-state index < -0.39 is 0 Å². The van der Waals surface area contributed by atoms with E-state index in [0.29, 0.717) is 11.8 Å². The van der Waals surface area contributed by atoms with Gasteiger partial charge in [-0.15, -0.1) is 11.3 Å². The molecule has 0 bridgehead atoms. The number of ether oxygens (including phenoxy) is 1. The molecule has 2 heterocycles. The Kier molecular flexibility index (Phi) is 4.25. The molecular formula is C15H14IN3OS. The topological polar surface area (TPSA) is 47.0 Å². The van der Waals surface area contributed by atoms with Crippen LogP contribution in [0.2, 0.25) is 0 Å². The molecule has 0 atom stereocenters. The zero-order chi connectivity index (χ0) is 14.8. The van der Waals surface area contributed by atoms with E-state index in [9.17, 15) is 0 Å². The molecule has 0 saturated carbocycles. The van der Waals surface area contributed by atoms with Crippen LogP contribution in [0.5, 0.6) is 11.6 Å². The van der Waals surface area contributed by atoms with Crippen LogP contribution in [0.4, 0.5) is 5.95 Å². The molecule has 0 amide bonds. The number of thiophene rings is 1. The van der Waals surface area contributed by atoms with Crippen molar-refractivity contribution < 1.29 is 4.74 Å². The summed E-state index contributed by atoms with van der Waals surface area (Å²) in [6.07, 6.45) is 0.985. The highest BCUT2D eigenvalue weighted by atomic mass is 127. The standard InChI is InChI=1S/C15H14IN3OS/c1-3-11-8-12-13(18-15(17-2)19-14(12)21-11)20-10-6-4-9(16)5-7-10/h4-8H,3H2,1-2H3,(H,17,18,19). The number of halogens is 1. The molecule has 0 radical (unpaired) electrons. The highest BCUT2D eigenvalue weighted by Gasteiger charge is 2.12. The van der Waals surface area contributed by atoms with Crippen LogP contribution in [-0.2, 0) is 6.42 Å². The van der Waals surface area contributed by atoms with Gasteiger partial charge >= 0.3 is 0 Å². The summed E-state index contributed by atoms with van der Waals surface area (Å²) < 4.78 is 7.13. The monoisotopic (exact) mass is 411 g/mol. The van der Waals surface area contributed by atoms with E-state index in [2.05, 4.69) is 50.9 Å². The first-order chi connectivity index (χ1) is 10.2. The van der Waals surface area contributed by atoms with Gasteiger partial charge in [0.1, 0.15) is 10.6 Å². The van der Waals surface area contributed by atoms with Gasteiger partial charge in [-0.1, -0.05) is 6.92 Å². The van der Waals surface area contributed by atoms with Crippen molar-refractivity contribution in [2.75, 3.05) is 12.4 Å². The first-order valence-electron chi connectivity index (χ1n) is 6.61. The van der Waals surface area contributed by atoms with Crippen LogP contribution in [0.3, 0.4) is 0 Å². The second-order valence-corrected chi connectivity index (χ2v) is 6.80. The van der Waals surface area contributed by atoms with E-state index in [1.807, 2.05) is 31.3 Å². The molecule has 0 saturated heterocycles. The minimum atomic E-state index is 0.576. The van der Waals surface area contributed by atoms with Crippen LogP contribution in [0.15, 0.2) is 30.3 Å². The van der Waals surface area contributed by atoms with Crippen molar-refractivity contribution in [2.24, 2.45) is 0 Å². The second-order valence-electron chi connectivity index (χ2n) is 4.44. The third kappa shape index (κ3) is 3.11. The molecule has 0 fully saturated rings. The summed E-state index contributed by atoms with van der Waals surface area (Å²) in [6, 6.07) is 10.0. The Hall–Kier alpha value is -1.41. The van der Waals surface area contributed by atoms with Crippen LogP contribution < -0.4 is 10.1 Å². The molecule has 1 aromatic carbocycles. The van der Waals surface area contributed by atoms with Gasteiger partial charge in [0.15, 0.2) is 0 Å². The molecule has 0 aliphatic heterocycles. The normalized spacial score (nSPS) is 10.8. The molecular weight excluding hydrogens is 397 g/mol. The molecule has 3 aromatic rings. The SMILES string of the molecule is CCc1cc2c(Oc3ccc(I)cc3)nc(NC)nc2s1. The summed E-state index contributed by atoms with van der Waals surface area (Å²) in [5.74, 6) is 1.95. The lowest BCUT2D eigenvalue weighted by atomic mass is 10.3. The lowest BCUT2D eigenvalue weighted by Crippen LogP contribution is -1.98. The highest BCUT2D eigenvalue weighted by Crippen LogP contribution is 2.34. The van der Waals surface area contributed by atoms with E-state index in [0.717, 1.165) is 22.4 Å². The van der Waals surface area contributed by atoms with Gasteiger partial charge in [0, 0.05) is 15.5 Å². The number of fused-ring (bicyclic) bond motifs is 1. The van der Waals surface area contributed by atoms with Crippen LogP contribution in [0, 0.1) is 3.57 Å². The van der Waals surface area contributed by atoms with Crippen molar-refractivity contribution in [3.8, 4) is 11.6 Å². The summed E-state index contributed by atoms with van der Waals surface area (Å²) in [7, 11) is 1.81. The molecule has 0 unspecified atom stereocenters. The minimum absolute atomic E-state index is 0.576. The maximum atomic E-state index is 5.96. The maximum Gasteiger partial charge on any atom is 0.232 e. The predicted molar refractivity (Wildman–Crippen MR) is 95.6 cm³/mol. The van der Waals surface area contributed by atoms with E-state index in [4.69, 9.17) is 4.74 Å². The van der Waals surface area contributed by atoms with E-state index >= 15 is 0 Å². The summed E-state index contributed by atoms with van der Waals surface area (Å²) in [6.45, 7) is 2.14. The molecule has 0 aliphatic rings. The molecule has 21 heavy (non-hydrogen) atoms. The van der Waals surface area contributed by atoms with Crippen molar-refractivity contribution in [3.05, 3.63) is 38.8 Å². The number of aromatic nitrogens is 2. The lowest BCUT2D eigenvalue weighted by molar-refractivity contribution is 0.469. The van der Waals surface area contributed by atoms with Gasteiger partial charge in [-0.05, 0) is 59.3 Å².